The van der Waals surface area contributed by atoms with Gasteiger partial charge in [-0.3, -0.25) is 10.00 Å². The van der Waals surface area contributed by atoms with E-state index in [9.17, 15) is 0 Å². The third kappa shape index (κ3) is 2.73. The van der Waals surface area contributed by atoms with E-state index in [2.05, 4.69) is 26.5 Å². The van der Waals surface area contributed by atoms with Crippen LogP contribution in [0.3, 0.4) is 0 Å². The van der Waals surface area contributed by atoms with Gasteiger partial charge in [0.05, 0.1) is 17.3 Å². The van der Waals surface area contributed by atoms with Crippen molar-refractivity contribution in [1.29, 1.82) is 0 Å². The van der Waals surface area contributed by atoms with E-state index in [0.29, 0.717) is 17.3 Å². The summed E-state index contributed by atoms with van der Waals surface area (Å²) < 4.78 is 11.0. The number of hydrogen-bond acceptors (Lipinski definition) is 6. The van der Waals surface area contributed by atoms with E-state index in [1.54, 1.807) is 12.5 Å². The molecular formula is C21H17N5O2. The highest BCUT2D eigenvalue weighted by molar-refractivity contribution is 6.02. The summed E-state index contributed by atoms with van der Waals surface area (Å²) in [6.07, 6.45) is 3.35. The van der Waals surface area contributed by atoms with Crippen LogP contribution in [0.2, 0.25) is 0 Å². The lowest BCUT2D eigenvalue weighted by Gasteiger charge is -2.22. The summed E-state index contributed by atoms with van der Waals surface area (Å²) in [7, 11) is 0. The van der Waals surface area contributed by atoms with Crippen LogP contribution in [0.5, 0.6) is 0 Å². The SMILES string of the molecule is Cc1cccc(N(C2=COCO2)c2n[nH]c3nncc(-c4ccccc4)c23)c1. The molecule has 0 amide bonds. The summed E-state index contributed by atoms with van der Waals surface area (Å²) in [5.74, 6) is 1.24. The van der Waals surface area contributed by atoms with E-state index < -0.39 is 0 Å². The first kappa shape index (κ1) is 16.3. The Labute approximate surface area is 161 Å². The number of anilines is 2. The summed E-state index contributed by atoms with van der Waals surface area (Å²) >= 11 is 0. The minimum Gasteiger partial charge on any atom is -0.459 e. The molecule has 1 aliphatic rings. The van der Waals surface area contributed by atoms with Crippen molar-refractivity contribution in [1.82, 2.24) is 20.4 Å². The average molecular weight is 371 g/mol. The fourth-order valence-electron chi connectivity index (χ4n) is 3.32. The normalized spacial score (nSPS) is 13.1. The van der Waals surface area contributed by atoms with Gasteiger partial charge in [0, 0.05) is 5.56 Å². The number of ether oxygens (including phenoxy) is 2. The van der Waals surface area contributed by atoms with E-state index in [4.69, 9.17) is 9.47 Å². The molecule has 0 aliphatic carbocycles. The molecular weight excluding hydrogens is 354 g/mol. The third-order valence-corrected chi connectivity index (χ3v) is 4.58. The van der Waals surface area contributed by atoms with Crippen molar-refractivity contribution in [3.05, 3.63) is 78.5 Å². The predicted molar refractivity (Wildman–Crippen MR) is 106 cm³/mol. The summed E-state index contributed by atoms with van der Waals surface area (Å²) in [6.45, 7) is 2.22. The van der Waals surface area contributed by atoms with Crippen LogP contribution in [0.4, 0.5) is 11.5 Å². The highest BCUT2D eigenvalue weighted by atomic mass is 16.7. The first-order valence-electron chi connectivity index (χ1n) is 8.88. The number of fused-ring (bicyclic) bond motifs is 1. The molecule has 0 saturated heterocycles. The second-order valence-electron chi connectivity index (χ2n) is 6.45. The highest BCUT2D eigenvalue weighted by Crippen LogP contribution is 2.39. The van der Waals surface area contributed by atoms with E-state index in [-0.39, 0.29) is 6.79 Å². The number of aromatic nitrogens is 4. The largest absolute Gasteiger partial charge is 0.459 e. The van der Waals surface area contributed by atoms with Gasteiger partial charge in [-0.15, -0.1) is 5.10 Å². The van der Waals surface area contributed by atoms with Crippen LogP contribution < -0.4 is 4.90 Å². The molecule has 138 valence electrons. The Morgan fingerprint density at radius 1 is 1.07 bits per heavy atom. The molecule has 1 aliphatic heterocycles. The van der Waals surface area contributed by atoms with Gasteiger partial charge in [-0.05, 0) is 30.2 Å². The molecule has 7 nitrogen and oxygen atoms in total. The van der Waals surface area contributed by atoms with Gasteiger partial charge in [-0.1, -0.05) is 42.5 Å². The second kappa shape index (κ2) is 6.70. The summed E-state index contributed by atoms with van der Waals surface area (Å²) in [6, 6.07) is 18.2. The summed E-state index contributed by atoms with van der Waals surface area (Å²) in [4.78, 5) is 1.92. The zero-order valence-corrected chi connectivity index (χ0v) is 15.2. The van der Waals surface area contributed by atoms with Crippen LogP contribution in [0, 0.1) is 6.92 Å². The Kier molecular flexibility index (Phi) is 3.90. The van der Waals surface area contributed by atoms with Crippen molar-refractivity contribution in [2.24, 2.45) is 0 Å². The summed E-state index contributed by atoms with van der Waals surface area (Å²) in [5.41, 5.74) is 4.62. The Bertz CT molecular complexity index is 1170. The fraction of sp³-hybridized carbons (Fsp3) is 0.0952. The van der Waals surface area contributed by atoms with Gasteiger partial charge in [0.15, 0.2) is 11.5 Å². The zero-order valence-electron chi connectivity index (χ0n) is 15.2. The van der Waals surface area contributed by atoms with Gasteiger partial charge in [0.1, 0.15) is 6.26 Å². The van der Waals surface area contributed by atoms with Gasteiger partial charge in [0.2, 0.25) is 12.7 Å². The molecule has 0 bridgehead atoms. The van der Waals surface area contributed by atoms with Gasteiger partial charge in [-0.25, -0.2) is 0 Å². The van der Waals surface area contributed by atoms with Crippen molar-refractivity contribution >= 4 is 22.5 Å². The number of hydrogen-bond donors (Lipinski definition) is 1. The Morgan fingerprint density at radius 3 is 2.75 bits per heavy atom. The van der Waals surface area contributed by atoms with E-state index >= 15 is 0 Å². The van der Waals surface area contributed by atoms with Crippen molar-refractivity contribution < 1.29 is 9.47 Å². The minimum absolute atomic E-state index is 0.172. The monoisotopic (exact) mass is 371 g/mol. The molecule has 7 heteroatoms. The lowest BCUT2D eigenvalue weighted by Crippen LogP contribution is -2.17. The fourth-order valence-corrected chi connectivity index (χ4v) is 3.32. The molecule has 0 spiro atoms. The summed E-state index contributed by atoms with van der Waals surface area (Å²) in [5, 5.41) is 16.8. The smallest absolute Gasteiger partial charge is 0.238 e. The first-order valence-corrected chi connectivity index (χ1v) is 8.88. The lowest BCUT2D eigenvalue weighted by molar-refractivity contribution is 0.0797. The second-order valence-corrected chi connectivity index (χ2v) is 6.45. The molecule has 0 atom stereocenters. The number of H-pyrrole nitrogens is 1. The topological polar surface area (TPSA) is 76.2 Å². The third-order valence-electron chi connectivity index (χ3n) is 4.58. The van der Waals surface area contributed by atoms with Gasteiger partial charge < -0.3 is 9.47 Å². The van der Waals surface area contributed by atoms with Gasteiger partial charge in [0.25, 0.3) is 0 Å². The van der Waals surface area contributed by atoms with Crippen molar-refractivity contribution in [2.75, 3.05) is 11.7 Å². The highest BCUT2D eigenvalue weighted by Gasteiger charge is 2.26. The zero-order chi connectivity index (χ0) is 18.9. The number of nitrogens with one attached hydrogen (secondary N) is 1. The molecule has 2 aromatic heterocycles. The molecule has 0 fully saturated rings. The predicted octanol–water partition coefficient (Wildman–Crippen LogP) is 4.27. The molecule has 2 aromatic carbocycles. The molecule has 1 N–H and O–H groups in total. The number of nitrogens with zero attached hydrogens (tertiary/aromatic N) is 4. The minimum atomic E-state index is 0.172. The number of rotatable bonds is 4. The number of aryl methyl sites for hydroxylation is 1. The number of benzene rings is 2. The molecule has 4 aromatic rings. The van der Waals surface area contributed by atoms with Gasteiger partial charge in [-0.2, -0.15) is 10.2 Å². The van der Waals surface area contributed by atoms with E-state index in [1.165, 1.54) is 0 Å². The van der Waals surface area contributed by atoms with Crippen LogP contribution >= 0.6 is 0 Å². The molecule has 0 radical (unpaired) electrons. The molecule has 0 unspecified atom stereocenters. The van der Waals surface area contributed by atoms with Crippen molar-refractivity contribution in [3.8, 4) is 11.1 Å². The van der Waals surface area contributed by atoms with Crippen LogP contribution in [0.15, 0.2) is 72.9 Å². The quantitative estimate of drug-likeness (QED) is 0.577. The van der Waals surface area contributed by atoms with E-state index in [0.717, 1.165) is 27.8 Å². The first-order chi connectivity index (χ1) is 13.8. The standard InChI is InChI=1S/C21H17N5O2/c1-14-6-5-9-16(10-14)26(18-12-27-13-28-18)21-19-17(15-7-3-2-4-8-15)11-22-23-20(19)24-25-21/h2-12H,13H2,1H3,(H,23,24,25). The van der Waals surface area contributed by atoms with Crippen LogP contribution in [0.25, 0.3) is 22.2 Å². The van der Waals surface area contributed by atoms with E-state index in [1.807, 2.05) is 60.4 Å². The average Bonchev–Trinajstić information content (AvgIpc) is 3.40. The van der Waals surface area contributed by atoms with Crippen molar-refractivity contribution in [2.45, 2.75) is 6.92 Å². The number of aromatic amines is 1. The van der Waals surface area contributed by atoms with Crippen LogP contribution in [-0.2, 0) is 9.47 Å². The van der Waals surface area contributed by atoms with Crippen LogP contribution in [0.1, 0.15) is 5.56 Å². The maximum atomic E-state index is 5.70. The van der Waals surface area contributed by atoms with Crippen LogP contribution in [-0.4, -0.2) is 27.2 Å². The Hall–Kier alpha value is -3.87. The Morgan fingerprint density at radius 2 is 1.96 bits per heavy atom. The van der Waals surface area contributed by atoms with Crippen molar-refractivity contribution in [3.63, 3.8) is 0 Å². The molecule has 28 heavy (non-hydrogen) atoms. The maximum absolute atomic E-state index is 5.70. The van der Waals surface area contributed by atoms with Gasteiger partial charge >= 0.3 is 0 Å². The maximum Gasteiger partial charge on any atom is 0.238 e. The Balaban J connectivity index is 1.76. The molecule has 5 rings (SSSR count). The molecule has 3 heterocycles. The molecule has 0 saturated carbocycles. The lowest BCUT2D eigenvalue weighted by atomic mass is 10.0.